The maximum absolute atomic E-state index is 10.8. The van der Waals surface area contributed by atoms with Crippen LogP contribution in [0.1, 0.15) is 45.4 Å². The summed E-state index contributed by atoms with van der Waals surface area (Å²) in [5, 5.41) is 8.88. The number of aliphatic carboxylic acids is 1. The number of hydrogen-bond donors (Lipinski definition) is 2. The fourth-order valence-electron chi connectivity index (χ4n) is 1.34. The molecule has 0 saturated carbocycles. The molecule has 0 spiro atoms. The quantitative estimate of drug-likeness (QED) is 0.471. The van der Waals surface area contributed by atoms with Gasteiger partial charge in [-0.05, 0) is 25.0 Å². The zero-order chi connectivity index (χ0) is 10.1. The summed E-state index contributed by atoms with van der Waals surface area (Å²) in [6.07, 6.45) is 5.77. The SMILES string of the molecule is CCCCC(CCCCS)C(=O)O. The fraction of sp³-hybridized carbons (Fsp3) is 0.900. The topological polar surface area (TPSA) is 37.3 Å². The van der Waals surface area contributed by atoms with Crippen LogP contribution in [0.5, 0.6) is 0 Å². The van der Waals surface area contributed by atoms with Crippen LogP contribution in [0.4, 0.5) is 0 Å². The largest absolute Gasteiger partial charge is 0.481 e. The van der Waals surface area contributed by atoms with Gasteiger partial charge in [-0.3, -0.25) is 4.79 Å². The van der Waals surface area contributed by atoms with Gasteiger partial charge < -0.3 is 5.11 Å². The number of hydrogen-bond acceptors (Lipinski definition) is 2. The van der Waals surface area contributed by atoms with Crippen LogP contribution >= 0.6 is 12.6 Å². The van der Waals surface area contributed by atoms with Gasteiger partial charge >= 0.3 is 5.97 Å². The summed E-state index contributed by atoms with van der Waals surface area (Å²) in [4.78, 5) is 10.8. The molecule has 1 unspecified atom stereocenters. The van der Waals surface area contributed by atoms with Crippen LogP contribution in [-0.4, -0.2) is 16.8 Å². The molecule has 0 bridgehead atoms. The highest BCUT2D eigenvalue weighted by molar-refractivity contribution is 7.80. The Labute approximate surface area is 86.1 Å². The number of carboxylic acids is 1. The van der Waals surface area contributed by atoms with Crippen LogP contribution < -0.4 is 0 Å². The summed E-state index contributed by atoms with van der Waals surface area (Å²) in [5.74, 6) is 0.104. The molecule has 13 heavy (non-hydrogen) atoms. The highest BCUT2D eigenvalue weighted by atomic mass is 32.1. The first kappa shape index (κ1) is 12.8. The van der Waals surface area contributed by atoms with Gasteiger partial charge in [-0.15, -0.1) is 0 Å². The lowest BCUT2D eigenvalue weighted by atomic mass is 9.96. The van der Waals surface area contributed by atoms with Crippen molar-refractivity contribution in [1.29, 1.82) is 0 Å². The lowest BCUT2D eigenvalue weighted by Crippen LogP contribution is -2.13. The predicted molar refractivity (Wildman–Crippen MR) is 58.4 cm³/mol. The van der Waals surface area contributed by atoms with Gasteiger partial charge in [0, 0.05) is 0 Å². The minimum absolute atomic E-state index is 0.125. The zero-order valence-corrected chi connectivity index (χ0v) is 9.22. The average Bonchev–Trinajstić information content (AvgIpc) is 2.10. The third-order valence-electron chi connectivity index (χ3n) is 2.22. The highest BCUT2D eigenvalue weighted by Gasteiger charge is 2.15. The van der Waals surface area contributed by atoms with E-state index in [1.807, 2.05) is 0 Å². The Balaban J connectivity index is 3.61. The van der Waals surface area contributed by atoms with Crippen LogP contribution in [0.3, 0.4) is 0 Å². The molecule has 0 aromatic carbocycles. The summed E-state index contributed by atoms with van der Waals surface area (Å²) in [6.45, 7) is 2.09. The van der Waals surface area contributed by atoms with E-state index in [2.05, 4.69) is 19.6 Å². The van der Waals surface area contributed by atoms with E-state index >= 15 is 0 Å². The van der Waals surface area contributed by atoms with Crippen molar-refractivity contribution >= 4 is 18.6 Å². The number of unbranched alkanes of at least 4 members (excludes halogenated alkanes) is 2. The minimum atomic E-state index is -0.632. The molecule has 1 atom stereocenters. The van der Waals surface area contributed by atoms with Crippen molar-refractivity contribution in [3.05, 3.63) is 0 Å². The molecule has 0 aromatic heterocycles. The first-order valence-corrected chi connectivity index (χ1v) is 5.69. The van der Waals surface area contributed by atoms with Crippen molar-refractivity contribution in [2.24, 2.45) is 5.92 Å². The van der Waals surface area contributed by atoms with Gasteiger partial charge in [0.2, 0.25) is 0 Å². The van der Waals surface area contributed by atoms with E-state index in [4.69, 9.17) is 5.11 Å². The molecule has 0 radical (unpaired) electrons. The van der Waals surface area contributed by atoms with Crippen LogP contribution in [0, 0.1) is 5.92 Å². The van der Waals surface area contributed by atoms with E-state index in [-0.39, 0.29) is 5.92 Å². The predicted octanol–water partition coefficient (Wildman–Crippen LogP) is 2.98. The van der Waals surface area contributed by atoms with Crippen molar-refractivity contribution in [3.63, 3.8) is 0 Å². The minimum Gasteiger partial charge on any atom is -0.481 e. The third-order valence-corrected chi connectivity index (χ3v) is 2.53. The molecule has 0 amide bonds. The summed E-state index contributed by atoms with van der Waals surface area (Å²) in [5.41, 5.74) is 0. The Morgan fingerprint density at radius 3 is 2.38 bits per heavy atom. The molecule has 0 heterocycles. The smallest absolute Gasteiger partial charge is 0.306 e. The van der Waals surface area contributed by atoms with E-state index in [0.717, 1.165) is 44.3 Å². The third kappa shape index (κ3) is 6.94. The number of carbonyl (C=O) groups is 1. The second kappa shape index (κ2) is 8.42. The molecule has 0 aromatic rings. The molecule has 0 fully saturated rings. The van der Waals surface area contributed by atoms with E-state index in [0.29, 0.717) is 0 Å². The molecule has 2 nitrogen and oxygen atoms in total. The van der Waals surface area contributed by atoms with Crippen LogP contribution in [-0.2, 0) is 4.79 Å². The summed E-state index contributed by atoms with van der Waals surface area (Å²) < 4.78 is 0. The zero-order valence-electron chi connectivity index (χ0n) is 8.33. The van der Waals surface area contributed by atoms with E-state index in [1.54, 1.807) is 0 Å². The van der Waals surface area contributed by atoms with Crippen LogP contribution in [0.15, 0.2) is 0 Å². The Hall–Kier alpha value is -0.180. The van der Waals surface area contributed by atoms with Gasteiger partial charge in [0.15, 0.2) is 0 Å². The maximum atomic E-state index is 10.8. The summed E-state index contributed by atoms with van der Waals surface area (Å²) in [7, 11) is 0. The molecular formula is C10H20O2S. The summed E-state index contributed by atoms with van der Waals surface area (Å²) in [6, 6.07) is 0. The molecule has 0 saturated heterocycles. The standard InChI is InChI=1S/C10H20O2S/c1-2-3-6-9(10(11)12)7-4-5-8-13/h9,13H,2-8H2,1H3,(H,11,12). The maximum Gasteiger partial charge on any atom is 0.306 e. The molecule has 0 aliphatic rings. The Morgan fingerprint density at radius 2 is 1.92 bits per heavy atom. The Kier molecular flexibility index (Phi) is 8.30. The molecule has 78 valence electrons. The van der Waals surface area contributed by atoms with Gasteiger partial charge in [-0.2, -0.15) is 12.6 Å². The van der Waals surface area contributed by atoms with Gasteiger partial charge in [0.05, 0.1) is 5.92 Å². The molecule has 0 aliphatic carbocycles. The van der Waals surface area contributed by atoms with Crippen molar-refractivity contribution in [2.75, 3.05) is 5.75 Å². The molecule has 3 heteroatoms. The normalized spacial score (nSPS) is 12.8. The first-order valence-electron chi connectivity index (χ1n) is 5.06. The lowest BCUT2D eigenvalue weighted by molar-refractivity contribution is -0.142. The van der Waals surface area contributed by atoms with Gasteiger partial charge in [-0.1, -0.05) is 26.2 Å². The first-order chi connectivity index (χ1) is 6.22. The van der Waals surface area contributed by atoms with E-state index in [9.17, 15) is 4.79 Å². The van der Waals surface area contributed by atoms with Gasteiger partial charge in [0.25, 0.3) is 0 Å². The lowest BCUT2D eigenvalue weighted by Gasteiger charge is -2.10. The Morgan fingerprint density at radius 1 is 1.31 bits per heavy atom. The second-order valence-electron chi connectivity index (χ2n) is 3.40. The van der Waals surface area contributed by atoms with Crippen LogP contribution in [0.2, 0.25) is 0 Å². The molecule has 1 N–H and O–H groups in total. The van der Waals surface area contributed by atoms with Crippen molar-refractivity contribution in [2.45, 2.75) is 45.4 Å². The van der Waals surface area contributed by atoms with Crippen molar-refractivity contribution in [3.8, 4) is 0 Å². The number of thiol groups is 1. The Bertz CT molecular complexity index is 137. The van der Waals surface area contributed by atoms with Gasteiger partial charge in [-0.25, -0.2) is 0 Å². The average molecular weight is 204 g/mol. The summed E-state index contributed by atoms with van der Waals surface area (Å²) >= 11 is 4.10. The fourth-order valence-corrected chi connectivity index (χ4v) is 1.57. The van der Waals surface area contributed by atoms with Gasteiger partial charge in [0.1, 0.15) is 0 Å². The highest BCUT2D eigenvalue weighted by Crippen LogP contribution is 2.16. The second-order valence-corrected chi connectivity index (χ2v) is 3.84. The molecule has 0 aliphatic heterocycles. The molecular weight excluding hydrogens is 184 g/mol. The van der Waals surface area contributed by atoms with Crippen molar-refractivity contribution < 1.29 is 9.90 Å². The number of rotatable bonds is 8. The molecule has 0 rings (SSSR count). The van der Waals surface area contributed by atoms with E-state index < -0.39 is 5.97 Å². The van der Waals surface area contributed by atoms with E-state index in [1.165, 1.54) is 0 Å². The monoisotopic (exact) mass is 204 g/mol. The van der Waals surface area contributed by atoms with Crippen molar-refractivity contribution in [1.82, 2.24) is 0 Å². The number of carboxylic acid groups (broad SMARTS) is 1. The van der Waals surface area contributed by atoms with Crippen LogP contribution in [0.25, 0.3) is 0 Å².